The molecule has 1 aromatic heterocycles. The van der Waals surface area contributed by atoms with E-state index in [1.54, 1.807) is 36.4 Å². The first-order valence-electron chi connectivity index (χ1n) is 8.14. The molecule has 3 aromatic rings. The number of aromatic amines is 1. The lowest BCUT2D eigenvalue weighted by Crippen LogP contribution is -2.16. The molecule has 2 aromatic carbocycles. The minimum absolute atomic E-state index is 0.0699. The molecule has 0 fully saturated rings. The van der Waals surface area contributed by atoms with Crippen molar-refractivity contribution in [3.8, 4) is 28.8 Å². The standard InChI is InChI=1S/C19H12ClN5O3/c20-14-7-16-15(27-10-28-16)6-12(14)9-22-25-19-23-17(11-4-2-1-3-5-11)13(8-21)18(26)24-19/h1-7,9H,10H2,(H2,23,24,25,26). The Morgan fingerprint density at radius 3 is 2.75 bits per heavy atom. The van der Waals surface area contributed by atoms with E-state index >= 15 is 0 Å². The smallest absolute Gasteiger partial charge is 0.270 e. The molecular formula is C19H12ClN5O3. The Balaban J connectivity index is 1.63. The van der Waals surface area contributed by atoms with Gasteiger partial charge in [-0.1, -0.05) is 41.9 Å². The highest BCUT2D eigenvalue weighted by atomic mass is 35.5. The van der Waals surface area contributed by atoms with Crippen molar-refractivity contribution >= 4 is 23.8 Å². The molecule has 0 amide bonds. The molecule has 0 unspecified atom stereocenters. The minimum Gasteiger partial charge on any atom is -0.454 e. The van der Waals surface area contributed by atoms with E-state index in [9.17, 15) is 10.1 Å². The minimum atomic E-state index is -0.560. The van der Waals surface area contributed by atoms with Gasteiger partial charge < -0.3 is 9.47 Å². The molecule has 2 heterocycles. The summed E-state index contributed by atoms with van der Waals surface area (Å²) in [6.45, 7) is 0.142. The number of hydrazone groups is 1. The van der Waals surface area contributed by atoms with Crippen LogP contribution in [0, 0.1) is 11.3 Å². The highest BCUT2D eigenvalue weighted by molar-refractivity contribution is 6.33. The van der Waals surface area contributed by atoms with Crippen LogP contribution >= 0.6 is 11.6 Å². The van der Waals surface area contributed by atoms with Crippen molar-refractivity contribution in [3.05, 3.63) is 69.0 Å². The number of rotatable bonds is 4. The van der Waals surface area contributed by atoms with Gasteiger partial charge in [0.15, 0.2) is 11.5 Å². The van der Waals surface area contributed by atoms with Gasteiger partial charge in [-0.15, -0.1) is 0 Å². The first kappa shape index (κ1) is 17.6. The van der Waals surface area contributed by atoms with E-state index in [0.717, 1.165) is 0 Å². The van der Waals surface area contributed by atoms with Crippen molar-refractivity contribution in [2.75, 3.05) is 12.2 Å². The fourth-order valence-corrected chi connectivity index (χ4v) is 2.83. The Kier molecular flexibility index (Phi) is 4.66. The van der Waals surface area contributed by atoms with Gasteiger partial charge in [0.1, 0.15) is 11.6 Å². The van der Waals surface area contributed by atoms with Crippen LogP contribution in [0.1, 0.15) is 11.1 Å². The van der Waals surface area contributed by atoms with Gasteiger partial charge in [0, 0.05) is 17.2 Å². The third kappa shape index (κ3) is 3.39. The van der Waals surface area contributed by atoms with Gasteiger partial charge in [-0.2, -0.15) is 10.4 Å². The first-order valence-corrected chi connectivity index (χ1v) is 8.51. The van der Waals surface area contributed by atoms with Gasteiger partial charge in [0.25, 0.3) is 5.56 Å². The predicted molar refractivity (Wildman–Crippen MR) is 104 cm³/mol. The molecule has 0 saturated carbocycles. The lowest BCUT2D eigenvalue weighted by atomic mass is 10.1. The zero-order chi connectivity index (χ0) is 19.5. The second kappa shape index (κ2) is 7.42. The molecule has 2 N–H and O–H groups in total. The zero-order valence-corrected chi connectivity index (χ0v) is 15.0. The van der Waals surface area contributed by atoms with Crippen molar-refractivity contribution in [1.29, 1.82) is 5.26 Å². The van der Waals surface area contributed by atoms with Crippen LogP contribution in [0.25, 0.3) is 11.3 Å². The maximum absolute atomic E-state index is 12.2. The largest absolute Gasteiger partial charge is 0.454 e. The number of benzene rings is 2. The van der Waals surface area contributed by atoms with E-state index in [1.807, 2.05) is 12.1 Å². The Bertz CT molecular complexity index is 1170. The number of nitrogens with one attached hydrogen (secondary N) is 2. The van der Waals surface area contributed by atoms with E-state index < -0.39 is 5.56 Å². The Morgan fingerprint density at radius 1 is 1.25 bits per heavy atom. The fourth-order valence-electron chi connectivity index (χ4n) is 2.63. The maximum atomic E-state index is 12.2. The molecule has 9 heteroatoms. The van der Waals surface area contributed by atoms with Crippen LogP contribution in [0.3, 0.4) is 0 Å². The Morgan fingerprint density at radius 2 is 2.00 bits per heavy atom. The molecule has 1 aliphatic heterocycles. The average molecular weight is 394 g/mol. The summed E-state index contributed by atoms with van der Waals surface area (Å²) in [5.74, 6) is 1.23. The molecule has 0 bridgehead atoms. The molecular weight excluding hydrogens is 382 g/mol. The number of hydrogen-bond acceptors (Lipinski definition) is 7. The van der Waals surface area contributed by atoms with Crippen molar-refractivity contribution in [2.45, 2.75) is 0 Å². The fraction of sp³-hybridized carbons (Fsp3) is 0.0526. The van der Waals surface area contributed by atoms with Crippen LogP contribution in [0.15, 0.2) is 52.4 Å². The quantitative estimate of drug-likeness (QED) is 0.520. The summed E-state index contributed by atoms with van der Waals surface area (Å²) in [5, 5.41) is 13.8. The number of aromatic nitrogens is 2. The molecule has 4 rings (SSSR count). The van der Waals surface area contributed by atoms with Gasteiger partial charge in [0.05, 0.1) is 16.9 Å². The lowest BCUT2D eigenvalue weighted by Gasteiger charge is -2.06. The van der Waals surface area contributed by atoms with Crippen LogP contribution in [-0.4, -0.2) is 23.0 Å². The van der Waals surface area contributed by atoms with Gasteiger partial charge >= 0.3 is 0 Å². The highest BCUT2D eigenvalue weighted by Crippen LogP contribution is 2.36. The third-order valence-electron chi connectivity index (χ3n) is 3.94. The molecule has 8 nitrogen and oxygen atoms in total. The molecule has 0 saturated heterocycles. The summed E-state index contributed by atoms with van der Waals surface area (Å²) >= 11 is 6.20. The molecule has 28 heavy (non-hydrogen) atoms. The summed E-state index contributed by atoms with van der Waals surface area (Å²) in [7, 11) is 0. The molecule has 0 spiro atoms. The normalized spacial score (nSPS) is 12.1. The van der Waals surface area contributed by atoms with Gasteiger partial charge in [-0.05, 0) is 6.07 Å². The number of H-pyrrole nitrogens is 1. The summed E-state index contributed by atoms with van der Waals surface area (Å²) in [6.07, 6.45) is 1.46. The SMILES string of the molecule is N#Cc1c(-c2ccccc2)nc(NN=Cc2cc3c(cc2Cl)OCO3)[nH]c1=O. The number of halogens is 1. The molecule has 0 aliphatic carbocycles. The number of ether oxygens (including phenoxy) is 2. The topological polar surface area (TPSA) is 112 Å². The van der Waals surface area contributed by atoms with E-state index in [2.05, 4.69) is 20.5 Å². The number of fused-ring (bicyclic) bond motifs is 1. The van der Waals surface area contributed by atoms with Crippen molar-refractivity contribution in [1.82, 2.24) is 9.97 Å². The zero-order valence-electron chi connectivity index (χ0n) is 14.3. The second-order valence-electron chi connectivity index (χ2n) is 5.71. The first-order chi connectivity index (χ1) is 13.7. The molecule has 138 valence electrons. The van der Waals surface area contributed by atoms with Crippen molar-refractivity contribution in [3.63, 3.8) is 0 Å². The monoisotopic (exact) mass is 393 g/mol. The van der Waals surface area contributed by atoms with Crippen LogP contribution in [-0.2, 0) is 0 Å². The summed E-state index contributed by atoms with van der Waals surface area (Å²) in [5.41, 5.74) is 3.54. The summed E-state index contributed by atoms with van der Waals surface area (Å²) in [6, 6.07) is 14.2. The predicted octanol–water partition coefficient (Wildman–Crippen LogP) is 3.14. The van der Waals surface area contributed by atoms with Gasteiger partial charge in [-0.3, -0.25) is 9.78 Å². The summed E-state index contributed by atoms with van der Waals surface area (Å²) < 4.78 is 10.6. The van der Waals surface area contributed by atoms with Gasteiger partial charge in [0.2, 0.25) is 12.7 Å². The average Bonchev–Trinajstić information content (AvgIpc) is 3.15. The van der Waals surface area contributed by atoms with E-state index in [4.69, 9.17) is 21.1 Å². The van der Waals surface area contributed by atoms with Gasteiger partial charge in [-0.25, -0.2) is 10.4 Å². The van der Waals surface area contributed by atoms with E-state index in [1.165, 1.54) is 6.21 Å². The molecule has 1 aliphatic rings. The Labute approximate surface area is 164 Å². The van der Waals surface area contributed by atoms with Crippen LogP contribution in [0.2, 0.25) is 5.02 Å². The van der Waals surface area contributed by atoms with Crippen molar-refractivity contribution in [2.24, 2.45) is 5.10 Å². The third-order valence-corrected chi connectivity index (χ3v) is 4.27. The molecule has 0 atom stereocenters. The van der Waals surface area contributed by atoms with E-state index in [0.29, 0.717) is 27.6 Å². The maximum Gasteiger partial charge on any atom is 0.270 e. The number of nitrogens with zero attached hydrogens (tertiary/aromatic N) is 3. The number of anilines is 1. The number of hydrogen-bond donors (Lipinski definition) is 2. The number of nitriles is 1. The summed E-state index contributed by atoms with van der Waals surface area (Å²) in [4.78, 5) is 19.0. The molecule has 0 radical (unpaired) electrons. The highest BCUT2D eigenvalue weighted by Gasteiger charge is 2.16. The van der Waals surface area contributed by atoms with E-state index in [-0.39, 0.29) is 24.0 Å². The van der Waals surface area contributed by atoms with Crippen LogP contribution < -0.4 is 20.5 Å². The van der Waals surface area contributed by atoms with Crippen molar-refractivity contribution < 1.29 is 9.47 Å². The second-order valence-corrected chi connectivity index (χ2v) is 6.12. The van der Waals surface area contributed by atoms with Crippen LogP contribution in [0.5, 0.6) is 11.5 Å². The Hall–Kier alpha value is -3.83. The van der Waals surface area contributed by atoms with Crippen LogP contribution in [0.4, 0.5) is 5.95 Å². The lowest BCUT2D eigenvalue weighted by molar-refractivity contribution is 0.174.